The Bertz CT molecular complexity index is 359. The average Bonchev–Trinajstić information content (AvgIpc) is 2.16. The van der Waals surface area contributed by atoms with Gasteiger partial charge in [0.2, 0.25) is 0 Å². The van der Waals surface area contributed by atoms with Gasteiger partial charge in [0.05, 0.1) is 11.9 Å². The smallest absolute Gasteiger partial charge is 0.292 e. The average molecular weight is 232 g/mol. The van der Waals surface area contributed by atoms with Crippen molar-refractivity contribution in [3.05, 3.63) is 23.8 Å². The Morgan fingerprint density at radius 3 is 2.50 bits per heavy atom. The van der Waals surface area contributed by atoms with E-state index in [0.717, 1.165) is 0 Å². The normalized spacial score (nSPS) is 11.5. The molecule has 0 saturated heterocycles. The van der Waals surface area contributed by atoms with Crippen LogP contribution in [0.3, 0.4) is 0 Å². The van der Waals surface area contributed by atoms with Crippen molar-refractivity contribution in [3.63, 3.8) is 0 Å². The Labute approximate surface area is 90.7 Å². The van der Waals surface area contributed by atoms with Gasteiger partial charge in [-0.2, -0.15) is 13.2 Å². The van der Waals surface area contributed by atoms with Gasteiger partial charge in [-0.15, -0.1) is 0 Å². The van der Waals surface area contributed by atoms with E-state index in [1.807, 2.05) is 0 Å². The molecule has 88 valence electrons. The van der Waals surface area contributed by atoms with Crippen LogP contribution >= 0.6 is 0 Å². The van der Waals surface area contributed by atoms with Crippen molar-refractivity contribution in [2.75, 3.05) is 0 Å². The first-order valence-electron chi connectivity index (χ1n) is 4.77. The van der Waals surface area contributed by atoms with Crippen molar-refractivity contribution >= 4 is 5.78 Å². The van der Waals surface area contributed by atoms with Gasteiger partial charge in [-0.25, -0.2) is 4.98 Å². The predicted molar refractivity (Wildman–Crippen MR) is 51.0 cm³/mol. The number of Topliss-reactive ketones (excluding diaryl/α,β-unsaturated/α-hetero) is 1. The van der Waals surface area contributed by atoms with Crippen molar-refractivity contribution in [2.24, 2.45) is 0 Å². The third-order valence-corrected chi connectivity index (χ3v) is 1.93. The summed E-state index contributed by atoms with van der Waals surface area (Å²) in [4.78, 5) is 19.0. The second-order valence-corrected chi connectivity index (χ2v) is 3.43. The highest BCUT2D eigenvalue weighted by Gasteiger charge is 2.26. The van der Waals surface area contributed by atoms with Gasteiger partial charge in [-0.05, 0) is 13.3 Å². The number of carbonyl (C=O) groups is 1. The van der Waals surface area contributed by atoms with Crippen molar-refractivity contribution < 1.29 is 18.0 Å². The summed E-state index contributed by atoms with van der Waals surface area (Å²) in [5.74, 6) is -0.406. The lowest BCUT2D eigenvalue weighted by atomic mass is 10.1. The van der Waals surface area contributed by atoms with E-state index in [9.17, 15) is 18.0 Å². The van der Waals surface area contributed by atoms with Crippen LogP contribution in [-0.2, 0) is 0 Å². The minimum atomic E-state index is -4.21. The lowest BCUT2D eigenvalue weighted by Crippen LogP contribution is -2.09. The summed E-state index contributed by atoms with van der Waals surface area (Å²) in [6.45, 7) is 1.71. The number of rotatable bonds is 4. The van der Waals surface area contributed by atoms with Gasteiger partial charge in [0.25, 0.3) is 0 Å². The number of aryl methyl sites for hydroxylation is 1. The highest BCUT2D eigenvalue weighted by atomic mass is 19.4. The largest absolute Gasteiger partial charge is 0.389 e. The molecule has 16 heavy (non-hydrogen) atoms. The van der Waals surface area contributed by atoms with Crippen molar-refractivity contribution in [3.8, 4) is 0 Å². The monoisotopic (exact) mass is 232 g/mol. The van der Waals surface area contributed by atoms with Crippen LogP contribution in [0.15, 0.2) is 12.4 Å². The summed E-state index contributed by atoms with van der Waals surface area (Å²) in [7, 11) is 0. The van der Waals surface area contributed by atoms with E-state index < -0.39 is 18.4 Å². The van der Waals surface area contributed by atoms with E-state index >= 15 is 0 Å². The molecule has 0 radical (unpaired) electrons. The number of alkyl halides is 3. The van der Waals surface area contributed by atoms with E-state index in [1.54, 1.807) is 6.92 Å². The Morgan fingerprint density at radius 2 is 2.00 bits per heavy atom. The Kier molecular flexibility index (Phi) is 3.98. The minimum absolute atomic E-state index is 0.118. The van der Waals surface area contributed by atoms with E-state index in [-0.39, 0.29) is 18.5 Å². The number of halogens is 3. The molecule has 0 bridgehead atoms. The van der Waals surface area contributed by atoms with Gasteiger partial charge in [-0.1, -0.05) is 0 Å². The molecule has 3 nitrogen and oxygen atoms in total. The zero-order valence-corrected chi connectivity index (χ0v) is 8.71. The first kappa shape index (κ1) is 12.6. The highest BCUT2D eigenvalue weighted by Crippen LogP contribution is 2.22. The number of nitrogens with zero attached hydrogens (tertiary/aromatic N) is 2. The van der Waals surface area contributed by atoms with Crippen LogP contribution in [0.1, 0.15) is 35.4 Å². The van der Waals surface area contributed by atoms with Gasteiger partial charge in [0, 0.05) is 19.0 Å². The molecule has 1 aromatic heterocycles. The molecule has 0 unspecified atom stereocenters. The zero-order chi connectivity index (χ0) is 12.2. The fourth-order valence-corrected chi connectivity index (χ4v) is 1.11. The molecule has 0 aliphatic carbocycles. The van der Waals surface area contributed by atoms with E-state index in [2.05, 4.69) is 9.97 Å². The molecule has 0 aliphatic heterocycles. The van der Waals surface area contributed by atoms with Gasteiger partial charge in [-0.3, -0.25) is 9.78 Å². The van der Waals surface area contributed by atoms with Gasteiger partial charge >= 0.3 is 6.18 Å². The number of hydrogen-bond donors (Lipinski definition) is 0. The first-order valence-corrected chi connectivity index (χ1v) is 4.77. The van der Waals surface area contributed by atoms with Crippen LogP contribution in [0.2, 0.25) is 0 Å². The standard InChI is InChI=1S/C10H11F3N2O/c1-7-5-15-8(6-14-7)9(16)3-2-4-10(11,12)13/h5-6H,2-4H2,1H3. The molecule has 0 aromatic carbocycles. The maximum Gasteiger partial charge on any atom is 0.389 e. The molecule has 0 aliphatic rings. The molecule has 0 spiro atoms. The Hall–Kier alpha value is -1.46. The molecule has 0 fully saturated rings. The van der Waals surface area contributed by atoms with Crippen LogP contribution in [0, 0.1) is 6.92 Å². The van der Waals surface area contributed by atoms with E-state index in [4.69, 9.17) is 0 Å². The molecule has 1 heterocycles. The number of ketones is 1. The quantitative estimate of drug-likeness (QED) is 0.749. The molecular weight excluding hydrogens is 221 g/mol. The summed E-state index contributed by atoms with van der Waals surface area (Å²) >= 11 is 0. The molecule has 0 amide bonds. The topological polar surface area (TPSA) is 42.9 Å². The maximum atomic E-state index is 11.8. The lowest BCUT2D eigenvalue weighted by Gasteiger charge is -2.04. The summed E-state index contributed by atoms with van der Waals surface area (Å²) in [5, 5.41) is 0. The highest BCUT2D eigenvalue weighted by molar-refractivity contribution is 5.93. The SMILES string of the molecule is Cc1cnc(C(=O)CCCC(F)(F)F)cn1. The van der Waals surface area contributed by atoms with Gasteiger partial charge < -0.3 is 0 Å². The Balaban J connectivity index is 2.44. The maximum absolute atomic E-state index is 11.8. The predicted octanol–water partition coefficient (Wildman–Crippen LogP) is 2.70. The fourth-order valence-electron chi connectivity index (χ4n) is 1.11. The number of carbonyl (C=O) groups excluding carboxylic acids is 1. The van der Waals surface area contributed by atoms with Crippen LogP contribution < -0.4 is 0 Å². The molecule has 0 saturated carbocycles. The summed E-state index contributed by atoms with van der Waals surface area (Å²) in [6.07, 6.45) is -2.82. The minimum Gasteiger partial charge on any atom is -0.292 e. The third-order valence-electron chi connectivity index (χ3n) is 1.93. The second kappa shape index (κ2) is 5.05. The Morgan fingerprint density at radius 1 is 1.31 bits per heavy atom. The lowest BCUT2D eigenvalue weighted by molar-refractivity contribution is -0.135. The van der Waals surface area contributed by atoms with Crippen LogP contribution in [0.4, 0.5) is 13.2 Å². The summed E-state index contributed by atoms with van der Waals surface area (Å²) < 4.78 is 35.5. The van der Waals surface area contributed by atoms with Crippen LogP contribution in [0.25, 0.3) is 0 Å². The fraction of sp³-hybridized carbons (Fsp3) is 0.500. The first-order chi connectivity index (χ1) is 7.38. The summed E-state index contributed by atoms with van der Waals surface area (Å²) in [6, 6.07) is 0. The number of hydrogen-bond acceptors (Lipinski definition) is 3. The van der Waals surface area contributed by atoms with Crippen molar-refractivity contribution in [1.29, 1.82) is 0 Å². The third kappa shape index (κ3) is 4.37. The van der Waals surface area contributed by atoms with Gasteiger partial charge in [0.15, 0.2) is 5.78 Å². The van der Waals surface area contributed by atoms with Crippen molar-refractivity contribution in [1.82, 2.24) is 9.97 Å². The molecule has 0 atom stereocenters. The molecule has 1 aromatic rings. The second-order valence-electron chi connectivity index (χ2n) is 3.43. The molecule has 6 heteroatoms. The van der Waals surface area contributed by atoms with Crippen LogP contribution in [0.5, 0.6) is 0 Å². The van der Waals surface area contributed by atoms with Crippen molar-refractivity contribution in [2.45, 2.75) is 32.4 Å². The molecular formula is C10H11F3N2O. The molecule has 1 rings (SSSR count). The summed E-state index contributed by atoms with van der Waals surface area (Å²) in [5.41, 5.74) is 0.777. The zero-order valence-electron chi connectivity index (χ0n) is 8.71. The van der Waals surface area contributed by atoms with Crippen LogP contribution in [-0.4, -0.2) is 21.9 Å². The number of aromatic nitrogens is 2. The molecule has 0 N–H and O–H groups in total. The van der Waals surface area contributed by atoms with Gasteiger partial charge in [0.1, 0.15) is 5.69 Å². The van der Waals surface area contributed by atoms with E-state index in [0.29, 0.717) is 5.69 Å². The van der Waals surface area contributed by atoms with E-state index in [1.165, 1.54) is 12.4 Å².